The second kappa shape index (κ2) is 4.77. The highest BCUT2D eigenvalue weighted by Crippen LogP contribution is 2.21. The van der Waals surface area contributed by atoms with Crippen LogP contribution in [0.4, 0.5) is 0 Å². The lowest BCUT2D eigenvalue weighted by atomic mass is 10.0. The van der Waals surface area contributed by atoms with Crippen LogP contribution in [0.25, 0.3) is 0 Å². The summed E-state index contributed by atoms with van der Waals surface area (Å²) in [7, 11) is 0. The minimum atomic E-state index is 0.182. The van der Waals surface area contributed by atoms with E-state index in [0.29, 0.717) is 0 Å². The number of hydrogen-bond donors (Lipinski definition) is 1. The lowest BCUT2D eigenvalue weighted by molar-refractivity contribution is 0.638. The van der Waals surface area contributed by atoms with Gasteiger partial charge in [0.15, 0.2) is 0 Å². The summed E-state index contributed by atoms with van der Waals surface area (Å²) in [5.41, 5.74) is 8.51. The van der Waals surface area contributed by atoms with E-state index >= 15 is 0 Å². The van der Waals surface area contributed by atoms with Crippen molar-refractivity contribution in [1.82, 2.24) is 0 Å². The van der Waals surface area contributed by atoms with Crippen LogP contribution in [0, 0.1) is 6.92 Å². The van der Waals surface area contributed by atoms with E-state index in [2.05, 4.69) is 48.0 Å². The van der Waals surface area contributed by atoms with Crippen LogP contribution < -0.4 is 5.73 Å². The third-order valence-electron chi connectivity index (χ3n) is 2.09. The largest absolute Gasteiger partial charge is 0.324 e. The Hall–Kier alpha value is -0.340. The van der Waals surface area contributed by atoms with Crippen molar-refractivity contribution in [2.75, 3.05) is 0 Å². The van der Waals surface area contributed by atoms with Crippen LogP contribution in [-0.2, 0) is 0 Å². The Labute approximate surface area is 88.5 Å². The van der Waals surface area contributed by atoms with E-state index in [1.54, 1.807) is 0 Å². The number of halogens is 1. The fourth-order valence-corrected chi connectivity index (χ4v) is 2.08. The summed E-state index contributed by atoms with van der Waals surface area (Å²) in [6, 6.07) is 6.54. The number of aryl methyl sites for hydroxylation is 1. The summed E-state index contributed by atoms with van der Waals surface area (Å²) in [6.45, 7) is 4.25. The minimum Gasteiger partial charge on any atom is -0.324 e. The topological polar surface area (TPSA) is 26.0 Å². The molecule has 0 aromatic heterocycles. The van der Waals surface area contributed by atoms with Gasteiger partial charge in [-0.25, -0.2) is 0 Å². The molecule has 0 aliphatic carbocycles. The predicted octanol–water partition coefficient (Wildman–Crippen LogP) is 3.56. The Morgan fingerprint density at radius 3 is 2.62 bits per heavy atom. The van der Waals surface area contributed by atoms with Crippen molar-refractivity contribution in [1.29, 1.82) is 0 Å². The van der Waals surface area contributed by atoms with Crippen molar-refractivity contribution in [3.05, 3.63) is 33.8 Å². The molecule has 1 aromatic carbocycles. The molecule has 0 aliphatic rings. The first-order chi connectivity index (χ1) is 6.13. The number of benzene rings is 1. The van der Waals surface area contributed by atoms with Crippen molar-refractivity contribution in [2.24, 2.45) is 5.73 Å². The van der Waals surface area contributed by atoms with Crippen LogP contribution in [0.2, 0.25) is 0 Å². The maximum absolute atomic E-state index is 6.02. The van der Waals surface area contributed by atoms with Gasteiger partial charge in [0, 0.05) is 10.5 Å². The maximum Gasteiger partial charge on any atom is 0.0295 e. The average Bonchev–Trinajstić information content (AvgIpc) is 2.03. The normalized spacial score (nSPS) is 12.9. The van der Waals surface area contributed by atoms with E-state index in [0.717, 1.165) is 17.3 Å². The summed E-state index contributed by atoms with van der Waals surface area (Å²) >= 11 is 3.48. The SMILES string of the molecule is CCC[C@@H](N)c1cc(C)cc(Br)c1. The van der Waals surface area contributed by atoms with Gasteiger partial charge in [0.2, 0.25) is 0 Å². The second-order valence-corrected chi connectivity index (χ2v) is 4.37. The van der Waals surface area contributed by atoms with Gasteiger partial charge in [0.05, 0.1) is 0 Å². The number of nitrogens with two attached hydrogens (primary N) is 1. The second-order valence-electron chi connectivity index (χ2n) is 3.46. The lowest BCUT2D eigenvalue weighted by Gasteiger charge is -2.11. The molecule has 1 atom stereocenters. The van der Waals surface area contributed by atoms with Gasteiger partial charge < -0.3 is 5.73 Å². The molecule has 0 amide bonds. The van der Waals surface area contributed by atoms with Crippen molar-refractivity contribution in [3.8, 4) is 0 Å². The van der Waals surface area contributed by atoms with Crippen LogP contribution in [0.5, 0.6) is 0 Å². The standard InChI is InChI=1S/C11H16BrN/c1-3-4-11(13)9-5-8(2)6-10(12)7-9/h5-7,11H,3-4,13H2,1-2H3/t11-/m1/s1. The summed E-state index contributed by atoms with van der Waals surface area (Å²) in [6.07, 6.45) is 2.18. The Balaban J connectivity index is 2.87. The molecule has 0 spiro atoms. The molecule has 0 heterocycles. The minimum absolute atomic E-state index is 0.182. The Morgan fingerprint density at radius 2 is 2.08 bits per heavy atom. The van der Waals surface area contributed by atoms with Gasteiger partial charge in [0.1, 0.15) is 0 Å². The molecule has 2 heteroatoms. The summed E-state index contributed by atoms with van der Waals surface area (Å²) < 4.78 is 1.12. The third-order valence-corrected chi connectivity index (χ3v) is 2.55. The molecular formula is C11H16BrN. The van der Waals surface area contributed by atoms with Gasteiger partial charge in [-0.2, -0.15) is 0 Å². The number of rotatable bonds is 3. The lowest BCUT2D eigenvalue weighted by Crippen LogP contribution is -2.09. The molecular weight excluding hydrogens is 226 g/mol. The van der Waals surface area contributed by atoms with Crippen molar-refractivity contribution in [2.45, 2.75) is 32.7 Å². The molecule has 0 fully saturated rings. The zero-order valence-electron chi connectivity index (χ0n) is 8.18. The fourth-order valence-electron chi connectivity index (χ4n) is 1.46. The quantitative estimate of drug-likeness (QED) is 0.861. The molecule has 72 valence electrons. The molecule has 1 nitrogen and oxygen atoms in total. The first-order valence-corrected chi connectivity index (χ1v) is 5.45. The van der Waals surface area contributed by atoms with Crippen molar-refractivity contribution >= 4 is 15.9 Å². The summed E-state index contributed by atoms with van der Waals surface area (Å²) in [5.74, 6) is 0. The molecule has 1 aromatic rings. The first-order valence-electron chi connectivity index (χ1n) is 4.66. The molecule has 1 rings (SSSR count). The highest BCUT2D eigenvalue weighted by molar-refractivity contribution is 9.10. The van der Waals surface area contributed by atoms with Gasteiger partial charge >= 0.3 is 0 Å². The van der Waals surface area contributed by atoms with Gasteiger partial charge in [-0.05, 0) is 36.6 Å². The average molecular weight is 242 g/mol. The molecule has 0 bridgehead atoms. The Kier molecular flexibility index (Phi) is 3.94. The number of hydrogen-bond acceptors (Lipinski definition) is 1. The zero-order chi connectivity index (χ0) is 9.84. The Morgan fingerprint density at radius 1 is 1.38 bits per heavy atom. The van der Waals surface area contributed by atoms with Crippen LogP contribution in [-0.4, -0.2) is 0 Å². The molecule has 0 saturated heterocycles. The predicted molar refractivity (Wildman–Crippen MR) is 60.7 cm³/mol. The van der Waals surface area contributed by atoms with E-state index in [4.69, 9.17) is 5.73 Å². The van der Waals surface area contributed by atoms with E-state index in [-0.39, 0.29) is 6.04 Å². The maximum atomic E-state index is 6.02. The molecule has 2 N–H and O–H groups in total. The summed E-state index contributed by atoms with van der Waals surface area (Å²) in [4.78, 5) is 0. The van der Waals surface area contributed by atoms with Crippen LogP contribution >= 0.6 is 15.9 Å². The van der Waals surface area contributed by atoms with Crippen LogP contribution in [0.1, 0.15) is 36.9 Å². The van der Waals surface area contributed by atoms with Gasteiger partial charge in [-0.3, -0.25) is 0 Å². The zero-order valence-corrected chi connectivity index (χ0v) is 9.76. The fraction of sp³-hybridized carbons (Fsp3) is 0.455. The van der Waals surface area contributed by atoms with E-state index in [1.165, 1.54) is 11.1 Å². The van der Waals surface area contributed by atoms with Crippen LogP contribution in [0.15, 0.2) is 22.7 Å². The van der Waals surface area contributed by atoms with Gasteiger partial charge in [-0.1, -0.05) is 35.3 Å². The van der Waals surface area contributed by atoms with Gasteiger partial charge in [-0.15, -0.1) is 0 Å². The molecule has 0 radical (unpaired) electrons. The third kappa shape index (κ3) is 3.12. The Bertz CT molecular complexity index is 263. The van der Waals surface area contributed by atoms with Crippen LogP contribution in [0.3, 0.4) is 0 Å². The van der Waals surface area contributed by atoms with E-state index in [9.17, 15) is 0 Å². The molecule has 0 aliphatic heterocycles. The highest BCUT2D eigenvalue weighted by Gasteiger charge is 2.05. The molecule has 13 heavy (non-hydrogen) atoms. The van der Waals surface area contributed by atoms with E-state index in [1.807, 2.05) is 0 Å². The van der Waals surface area contributed by atoms with E-state index < -0.39 is 0 Å². The van der Waals surface area contributed by atoms with Gasteiger partial charge in [0.25, 0.3) is 0 Å². The molecule has 0 saturated carbocycles. The highest BCUT2D eigenvalue weighted by atomic mass is 79.9. The van der Waals surface area contributed by atoms with Crippen molar-refractivity contribution in [3.63, 3.8) is 0 Å². The monoisotopic (exact) mass is 241 g/mol. The molecule has 0 unspecified atom stereocenters. The first kappa shape index (κ1) is 10.7. The smallest absolute Gasteiger partial charge is 0.0295 e. The summed E-state index contributed by atoms with van der Waals surface area (Å²) in [5, 5.41) is 0. The van der Waals surface area contributed by atoms with Crippen molar-refractivity contribution < 1.29 is 0 Å².